The molecule has 0 amide bonds. The van der Waals surface area contributed by atoms with Gasteiger partial charge in [-0.2, -0.15) is 0 Å². The third-order valence-electron chi connectivity index (χ3n) is 2.89. The van der Waals surface area contributed by atoms with Crippen molar-refractivity contribution >= 4 is 0 Å². The van der Waals surface area contributed by atoms with Crippen LogP contribution in [0.25, 0.3) is 0 Å². The van der Waals surface area contributed by atoms with Crippen LogP contribution in [0.2, 0.25) is 0 Å². The second-order valence-corrected chi connectivity index (χ2v) is 5.95. The SMILES string of the molecule is C.C.C.CC(C)c1cnno1.CC(C)c1cnon1.CC(C)c1conn1. The lowest BCUT2D eigenvalue weighted by Gasteiger charge is -1.91. The van der Waals surface area contributed by atoms with Crippen LogP contribution < -0.4 is 0 Å². The molecule has 0 aliphatic carbocycles. The van der Waals surface area contributed by atoms with Crippen LogP contribution in [0.3, 0.4) is 0 Å². The zero-order valence-electron chi connectivity index (χ0n) is 14.9. The molecular formula is C18H36N6O3. The Hall–Kier alpha value is -2.58. The van der Waals surface area contributed by atoms with E-state index in [1.807, 2.05) is 41.5 Å². The van der Waals surface area contributed by atoms with Gasteiger partial charge in [-0.05, 0) is 0 Å². The van der Waals surface area contributed by atoms with Crippen LogP contribution in [0.4, 0.5) is 0 Å². The maximum Gasteiger partial charge on any atom is 0.159 e. The summed E-state index contributed by atoms with van der Waals surface area (Å²) in [4.78, 5) is 0. The summed E-state index contributed by atoms with van der Waals surface area (Å²) in [5.74, 6) is 2.07. The molecule has 0 aliphatic heterocycles. The van der Waals surface area contributed by atoms with Crippen molar-refractivity contribution in [3.8, 4) is 0 Å². The zero-order valence-corrected chi connectivity index (χ0v) is 14.9. The van der Waals surface area contributed by atoms with Crippen molar-refractivity contribution in [3.05, 3.63) is 35.8 Å². The predicted molar refractivity (Wildman–Crippen MR) is 105 cm³/mol. The molecule has 0 radical (unpaired) electrons. The van der Waals surface area contributed by atoms with Crippen LogP contribution in [0, 0.1) is 0 Å². The minimum atomic E-state index is 0. The fourth-order valence-electron chi connectivity index (χ4n) is 1.28. The van der Waals surface area contributed by atoms with Crippen molar-refractivity contribution < 1.29 is 13.7 Å². The van der Waals surface area contributed by atoms with Crippen LogP contribution in [0.1, 0.15) is 98.7 Å². The lowest BCUT2D eigenvalue weighted by Crippen LogP contribution is -1.85. The quantitative estimate of drug-likeness (QED) is 0.577. The van der Waals surface area contributed by atoms with Gasteiger partial charge >= 0.3 is 0 Å². The summed E-state index contributed by atoms with van der Waals surface area (Å²) in [7, 11) is 0. The van der Waals surface area contributed by atoms with Gasteiger partial charge < -0.3 is 9.05 Å². The van der Waals surface area contributed by atoms with E-state index >= 15 is 0 Å². The van der Waals surface area contributed by atoms with Gasteiger partial charge in [-0.25, -0.2) is 4.63 Å². The normalized spacial score (nSPS) is 9.22. The molecule has 9 nitrogen and oxygen atoms in total. The minimum Gasteiger partial charge on any atom is -0.345 e. The predicted octanol–water partition coefficient (Wildman–Crippen LogP) is 5.49. The maximum atomic E-state index is 4.73. The standard InChI is InChI=1S/3C5H8N2O.3CH4/c1-4(2)5-3-8-7-6-5;1-4(2)5-3-6-7-8-5;1-4(2)5-3-6-8-7-5;;;/h3*3-4H,1-2H3;3*1H4. The topological polar surface area (TPSA) is 117 Å². The van der Waals surface area contributed by atoms with Gasteiger partial charge in [-0.1, -0.05) is 74.1 Å². The van der Waals surface area contributed by atoms with E-state index in [2.05, 4.69) is 40.2 Å². The number of aromatic nitrogens is 6. The van der Waals surface area contributed by atoms with Crippen LogP contribution in [0.15, 0.2) is 32.3 Å². The van der Waals surface area contributed by atoms with E-state index in [9.17, 15) is 0 Å². The number of hydrogen-bond acceptors (Lipinski definition) is 9. The van der Waals surface area contributed by atoms with Gasteiger partial charge in [0.05, 0.1) is 12.4 Å². The molecule has 0 aliphatic rings. The van der Waals surface area contributed by atoms with E-state index in [0.717, 1.165) is 17.1 Å². The van der Waals surface area contributed by atoms with E-state index in [-0.39, 0.29) is 22.3 Å². The monoisotopic (exact) mass is 384 g/mol. The van der Waals surface area contributed by atoms with E-state index in [1.165, 1.54) is 0 Å². The van der Waals surface area contributed by atoms with Crippen molar-refractivity contribution in [1.29, 1.82) is 0 Å². The average molecular weight is 385 g/mol. The Morgan fingerprint density at radius 3 is 1.63 bits per heavy atom. The molecule has 0 saturated heterocycles. The summed E-state index contributed by atoms with van der Waals surface area (Å²) >= 11 is 0. The fraction of sp³-hybridized carbons (Fsp3) is 0.667. The molecule has 156 valence electrons. The summed E-state index contributed by atoms with van der Waals surface area (Å²) in [6.07, 6.45) is 4.82. The fourth-order valence-corrected chi connectivity index (χ4v) is 1.28. The zero-order chi connectivity index (χ0) is 17.9. The van der Waals surface area contributed by atoms with Crippen LogP contribution in [-0.2, 0) is 0 Å². The Morgan fingerprint density at radius 1 is 0.778 bits per heavy atom. The van der Waals surface area contributed by atoms with E-state index in [0.29, 0.717) is 17.8 Å². The molecule has 0 bridgehead atoms. The Morgan fingerprint density at radius 2 is 1.41 bits per heavy atom. The summed E-state index contributed by atoms with van der Waals surface area (Å²) in [5, 5.41) is 20.9. The third-order valence-corrected chi connectivity index (χ3v) is 2.89. The Bertz CT molecular complexity index is 529. The molecule has 9 heteroatoms. The third kappa shape index (κ3) is 11.6. The van der Waals surface area contributed by atoms with Crippen molar-refractivity contribution in [3.63, 3.8) is 0 Å². The van der Waals surface area contributed by atoms with E-state index in [4.69, 9.17) is 4.52 Å². The Balaban J connectivity index is -0.000000303. The largest absolute Gasteiger partial charge is 0.345 e. The summed E-state index contributed by atoms with van der Waals surface area (Å²) in [6.45, 7) is 12.2. The van der Waals surface area contributed by atoms with Crippen LogP contribution in [0.5, 0.6) is 0 Å². The molecule has 3 aromatic heterocycles. The highest BCUT2D eigenvalue weighted by atomic mass is 16.6. The maximum absolute atomic E-state index is 4.73. The highest BCUT2D eigenvalue weighted by Crippen LogP contribution is 2.09. The van der Waals surface area contributed by atoms with Gasteiger partial charge in [0.15, 0.2) is 5.76 Å². The first-order valence-electron chi connectivity index (χ1n) is 7.73. The molecule has 0 saturated carbocycles. The number of hydrogen-bond donors (Lipinski definition) is 0. The van der Waals surface area contributed by atoms with Gasteiger partial charge in [-0.15, -0.1) is 10.2 Å². The lowest BCUT2D eigenvalue weighted by molar-refractivity contribution is 0.302. The Kier molecular flexibility index (Phi) is 16.9. The van der Waals surface area contributed by atoms with Crippen molar-refractivity contribution in [2.45, 2.75) is 81.6 Å². The first kappa shape index (κ1) is 29.2. The molecule has 0 unspecified atom stereocenters. The van der Waals surface area contributed by atoms with E-state index in [1.54, 1.807) is 18.7 Å². The van der Waals surface area contributed by atoms with Gasteiger partial charge in [0.1, 0.15) is 17.7 Å². The van der Waals surface area contributed by atoms with Crippen LogP contribution in [-0.4, -0.2) is 31.1 Å². The van der Waals surface area contributed by atoms with Gasteiger partial charge in [0, 0.05) is 28.3 Å². The highest BCUT2D eigenvalue weighted by Gasteiger charge is 2.02. The Labute approximate surface area is 162 Å². The smallest absolute Gasteiger partial charge is 0.159 e. The second kappa shape index (κ2) is 15.7. The number of rotatable bonds is 3. The first-order valence-corrected chi connectivity index (χ1v) is 7.73. The summed E-state index contributed by atoms with van der Waals surface area (Å²) < 4.78 is 13.6. The summed E-state index contributed by atoms with van der Waals surface area (Å²) in [6, 6.07) is 0. The van der Waals surface area contributed by atoms with Crippen molar-refractivity contribution in [2.24, 2.45) is 0 Å². The summed E-state index contributed by atoms with van der Waals surface area (Å²) in [5.41, 5.74) is 1.81. The number of nitrogens with zero attached hydrogens (tertiary/aromatic N) is 6. The molecule has 27 heavy (non-hydrogen) atoms. The minimum absolute atomic E-state index is 0. The van der Waals surface area contributed by atoms with Gasteiger partial charge in [-0.3, -0.25) is 0 Å². The molecule has 0 aromatic carbocycles. The average Bonchev–Trinajstić information content (AvgIpc) is 3.29. The van der Waals surface area contributed by atoms with Gasteiger partial charge in [0.2, 0.25) is 0 Å². The van der Waals surface area contributed by atoms with Crippen molar-refractivity contribution in [2.75, 3.05) is 0 Å². The molecule has 3 aromatic rings. The molecule has 0 N–H and O–H groups in total. The van der Waals surface area contributed by atoms with E-state index < -0.39 is 0 Å². The molecule has 3 heterocycles. The highest BCUT2D eigenvalue weighted by molar-refractivity contribution is 4.95. The first-order chi connectivity index (χ1) is 11.4. The molecule has 0 spiro atoms. The molecule has 3 rings (SSSR count). The van der Waals surface area contributed by atoms with Crippen LogP contribution >= 0.6 is 0 Å². The molecule has 0 atom stereocenters. The lowest BCUT2D eigenvalue weighted by atomic mass is 10.2. The molecular weight excluding hydrogens is 348 g/mol. The van der Waals surface area contributed by atoms with Gasteiger partial charge in [0.25, 0.3) is 0 Å². The molecule has 0 fully saturated rings. The van der Waals surface area contributed by atoms with Crippen molar-refractivity contribution in [1.82, 2.24) is 31.1 Å². The second-order valence-electron chi connectivity index (χ2n) is 5.95.